The van der Waals surface area contributed by atoms with E-state index in [-0.39, 0.29) is 58.8 Å². The average molecular weight is 124 g/mol. The molecule has 0 aromatic rings. The minimum atomic E-state index is -0.197. The Balaban J connectivity index is -0.000000125. The minimum Gasteiger partial charge on any atom is -1.00 e. The summed E-state index contributed by atoms with van der Waals surface area (Å²) in [6.45, 7) is 0. The maximum Gasteiger partial charge on any atom is 1.00 e. The number of nitrogens with two attached hydrogens (primary N) is 2. The summed E-state index contributed by atoms with van der Waals surface area (Å²) in [6.07, 6.45) is 1.41. The molecule has 7 heavy (non-hydrogen) atoms. The van der Waals surface area contributed by atoms with Gasteiger partial charge in [-0.1, -0.05) is 0 Å². The normalized spacial score (nSPS) is 5.00. The molecule has 34 valence electrons. The molecule has 0 aromatic heterocycles. The summed E-state index contributed by atoms with van der Waals surface area (Å²) in [5.41, 5.74) is 9.42. The van der Waals surface area contributed by atoms with Crippen LogP contribution in [0.15, 0.2) is 4.99 Å². The van der Waals surface area contributed by atoms with E-state index in [9.17, 15) is 0 Å². The van der Waals surface area contributed by atoms with Crippen molar-refractivity contribution in [3.8, 4) is 6.19 Å². The Hall–Kier alpha value is 0.396. The Labute approximate surface area is 85.5 Å². The Kier molecular flexibility index (Phi) is 9.50. The van der Waals surface area contributed by atoms with Crippen molar-refractivity contribution in [1.29, 1.82) is 5.26 Å². The second-order valence-electron chi connectivity index (χ2n) is 0.637. The summed E-state index contributed by atoms with van der Waals surface area (Å²) < 4.78 is 0. The van der Waals surface area contributed by atoms with Crippen LogP contribution in [0, 0.1) is 11.5 Å². The predicted molar refractivity (Wildman–Crippen MR) is 22.5 cm³/mol. The van der Waals surface area contributed by atoms with Gasteiger partial charge in [0.15, 0.2) is 0 Å². The van der Waals surface area contributed by atoms with Crippen molar-refractivity contribution in [1.82, 2.24) is 0 Å². The van der Waals surface area contributed by atoms with Gasteiger partial charge in [-0.25, -0.2) is 0 Å². The summed E-state index contributed by atoms with van der Waals surface area (Å²) in [7, 11) is 0. The van der Waals surface area contributed by atoms with E-state index < -0.39 is 0 Å². The topological polar surface area (TPSA) is 88.2 Å². The van der Waals surface area contributed by atoms with E-state index >= 15 is 0 Å². The van der Waals surface area contributed by atoms with Gasteiger partial charge in [-0.15, -0.1) is 4.99 Å². The molecule has 4 N–H and O–H groups in total. The van der Waals surface area contributed by atoms with Crippen LogP contribution in [0.4, 0.5) is 0 Å². The predicted octanol–water partition coefficient (Wildman–Crippen LogP) is -4.14. The number of hydrogen-bond acceptors (Lipinski definition) is 2. The molecule has 0 fully saturated rings. The van der Waals surface area contributed by atoms with Crippen LogP contribution in [-0.4, -0.2) is 5.96 Å². The standard InChI is InChI=1S/C2H4N4.K.H/c3-1-6-2(4)5;;/h(H4,4,5,6);;/q;+1;-1. The van der Waals surface area contributed by atoms with Crippen LogP contribution in [0.2, 0.25) is 0 Å². The SMILES string of the molecule is N#CN=C(N)N.[H-].[K+]. The van der Waals surface area contributed by atoms with E-state index in [2.05, 4.69) is 4.99 Å². The molecule has 0 amide bonds. The molecule has 4 nitrogen and oxygen atoms in total. The van der Waals surface area contributed by atoms with E-state index in [1.807, 2.05) is 0 Å². The first-order valence-corrected chi connectivity index (χ1v) is 1.25. The van der Waals surface area contributed by atoms with Gasteiger partial charge in [-0.05, 0) is 0 Å². The molecule has 0 rings (SSSR count). The van der Waals surface area contributed by atoms with Gasteiger partial charge in [0.05, 0.1) is 0 Å². The number of nitriles is 1. The number of aliphatic imine (C=N–C) groups is 1. The zero-order chi connectivity index (χ0) is 4.99. The molecule has 0 aliphatic rings. The van der Waals surface area contributed by atoms with Gasteiger partial charge in [-0.2, -0.15) is 5.26 Å². The van der Waals surface area contributed by atoms with E-state index in [4.69, 9.17) is 16.7 Å². The summed E-state index contributed by atoms with van der Waals surface area (Å²) in [4.78, 5) is 2.90. The molecule has 5 heteroatoms. The number of guanidine groups is 1. The van der Waals surface area contributed by atoms with Crippen LogP contribution < -0.4 is 62.9 Å². The Morgan fingerprint density at radius 3 is 2.14 bits per heavy atom. The van der Waals surface area contributed by atoms with Crippen molar-refractivity contribution >= 4 is 5.96 Å². The second kappa shape index (κ2) is 6.40. The average Bonchev–Trinajstić information content (AvgIpc) is 1.35. The second-order valence-corrected chi connectivity index (χ2v) is 0.637. The van der Waals surface area contributed by atoms with Crippen LogP contribution in [0.1, 0.15) is 1.43 Å². The Morgan fingerprint density at radius 1 is 1.71 bits per heavy atom. The van der Waals surface area contributed by atoms with Crippen molar-refractivity contribution in [2.45, 2.75) is 0 Å². The molecular formula is C2H5KN4. The van der Waals surface area contributed by atoms with Gasteiger partial charge in [0, 0.05) is 0 Å². The third kappa shape index (κ3) is 10.7. The van der Waals surface area contributed by atoms with Crippen LogP contribution in [0.25, 0.3) is 0 Å². The first-order chi connectivity index (χ1) is 2.77. The Bertz CT molecular complexity index is 101. The fraction of sp³-hybridized carbons (Fsp3) is 0. The Morgan fingerprint density at radius 2 is 2.14 bits per heavy atom. The van der Waals surface area contributed by atoms with Gasteiger partial charge in [0.1, 0.15) is 0 Å². The van der Waals surface area contributed by atoms with Gasteiger partial charge < -0.3 is 12.9 Å². The summed E-state index contributed by atoms with van der Waals surface area (Å²) in [5, 5.41) is 7.64. The number of nitrogens with zero attached hydrogens (tertiary/aromatic N) is 2. The molecule has 0 aliphatic heterocycles. The van der Waals surface area contributed by atoms with Crippen molar-refractivity contribution in [3.63, 3.8) is 0 Å². The minimum absolute atomic E-state index is 0. The maximum atomic E-state index is 7.64. The molecule has 0 radical (unpaired) electrons. The van der Waals surface area contributed by atoms with Crippen LogP contribution in [0.3, 0.4) is 0 Å². The van der Waals surface area contributed by atoms with Crippen LogP contribution in [-0.2, 0) is 0 Å². The van der Waals surface area contributed by atoms with E-state index in [0.717, 1.165) is 0 Å². The molecule has 0 saturated carbocycles. The van der Waals surface area contributed by atoms with Crippen LogP contribution >= 0.6 is 0 Å². The largest absolute Gasteiger partial charge is 1.00 e. The fourth-order valence-electron chi connectivity index (χ4n) is 0.0577. The number of rotatable bonds is 0. The quantitative estimate of drug-likeness (QED) is 0.149. The van der Waals surface area contributed by atoms with Gasteiger partial charge in [0.2, 0.25) is 12.2 Å². The van der Waals surface area contributed by atoms with Crippen LogP contribution in [0.5, 0.6) is 0 Å². The smallest absolute Gasteiger partial charge is 1.00 e. The zero-order valence-corrected chi connectivity index (χ0v) is 7.17. The molecule has 0 aromatic carbocycles. The fourth-order valence-corrected chi connectivity index (χ4v) is 0.0577. The van der Waals surface area contributed by atoms with Gasteiger partial charge in [-0.3, -0.25) is 0 Å². The summed E-state index contributed by atoms with van der Waals surface area (Å²) in [6, 6.07) is 0. The molecule has 0 aliphatic carbocycles. The molecule has 0 atom stereocenters. The zero-order valence-electron chi connectivity index (χ0n) is 5.05. The maximum absolute atomic E-state index is 7.64. The first kappa shape index (κ1) is 10.4. The first-order valence-electron chi connectivity index (χ1n) is 1.25. The van der Waals surface area contributed by atoms with E-state index in [0.29, 0.717) is 0 Å². The van der Waals surface area contributed by atoms with Crippen molar-refractivity contribution < 1.29 is 52.8 Å². The summed E-state index contributed by atoms with van der Waals surface area (Å²) in [5.74, 6) is -0.197. The molecule has 0 heterocycles. The molecule has 0 spiro atoms. The number of hydrogen-bond donors (Lipinski definition) is 2. The third-order valence-electron chi connectivity index (χ3n) is 0.179. The van der Waals surface area contributed by atoms with Gasteiger partial charge >= 0.3 is 51.4 Å². The summed E-state index contributed by atoms with van der Waals surface area (Å²) >= 11 is 0. The third-order valence-corrected chi connectivity index (χ3v) is 0.179. The molecular weight excluding hydrogens is 119 g/mol. The molecule has 0 saturated heterocycles. The monoisotopic (exact) mass is 124 g/mol. The molecule has 0 unspecified atom stereocenters. The van der Waals surface area contributed by atoms with Crippen molar-refractivity contribution in [2.24, 2.45) is 16.5 Å². The van der Waals surface area contributed by atoms with Crippen molar-refractivity contribution in [2.75, 3.05) is 0 Å². The molecule has 0 bridgehead atoms. The van der Waals surface area contributed by atoms with E-state index in [1.54, 1.807) is 0 Å². The van der Waals surface area contributed by atoms with Gasteiger partial charge in [0.25, 0.3) is 0 Å². The van der Waals surface area contributed by atoms with E-state index in [1.165, 1.54) is 6.19 Å². The van der Waals surface area contributed by atoms with Crippen molar-refractivity contribution in [3.05, 3.63) is 0 Å².